The lowest BCUT2D eigenvalue weighted by atomic mass is 10.0. The van der Waals surface area contributed by atoms with Crippen molar-refractivity contribution in [2.24, 2.45) is 16.1 Å². The maximum Gasteiger partial charge on any atom is 0.127 e. The van der Waals surface area contributed by atoms with Gasteiger partial charge in [0.1, 0.15) is 12.1 Å². The van der Waals surface area contributed by atoms with Crippen LogP contribution < -0.4 is 5.32 Å². The van der Waals surface area contributed by atoms with Crippen LogP contribution in [0.25, 0.3) is 0 Å². The standard InChI is InChI=1S/C15H27N3O.C10H15N/c1-3-18(15(17-16-2)11-7-13-19)12-6-10-14-8-4-5-9-14;1-8-5-4-6-10(11-3)9(2)7-8/h13-14H,2-12H2,1H3;5-7,11H,4H2,1-3H3/b17-15-;. The molecule has 0 aromatic heterocycles. The average molecular weight is 415 g/mol. The number of rotatable bonds is 10. The van der Waals surface area contributed by atoms with Crippen molar-refractivity contribution in [1.29, 1.82) is 0 Å². The molecule has 0 unspecified atom stereocenters. The normalized spacial score (nSPS) is 17.1. The van der Waals surface area contributed by atoms with E-state index < -0.39 is 0 Å². The van der Waals surface area contributed by atoms with Crippen molar-refractivity contribution in [2.75, 3.05) is 20.1 Å². The number of nitrogens with one attached hydrogen (secondary N) is 1. The largest absolute Gasteiger partial charge is 0.388 e. The maximum atomic E-state index is 10.5. The van der Waals surface area contributed by atoms with Gasteiger partial charge in [-0.2, -0.15) is 5.10 Å². The lowest BCUT2D eigenvalue weighted by Gasteiger charge is -2.24. The third-order valence-corrected chi connectivity index (χ3v) is 5.83. The van der Waals surface area contributed by atoms with Crippen LogP contribution >= 0.6 is 0 Å². The molecule has 2 rings (SSSR count). The van der Waals surface area contributed by atoms with E-state index in [4.69, 9.17) is 0 Å². The second-order valence-electron chi connectivity index (χ2n) is 8.11. The Balaban J connectivity index is 0.000000346. The highest BCUT2D eigenvalue weighted by molar-refractivity contribution is 5.83. The number of hydrogen-bond donors (Lipinski definition) is 1. The van der Waals surface area contributed by atoms with E-state index in [-0.39, 0.29) is 0 Å². The second-order valence-corrected chi connectivity index (χ2v) is 8.11. The van der Waals surface area contributed by atoms with Crippen LogP contribution in [-0.2, 0) is 4.79 Å². The Morgan fingerprint density at radius 2 is 2.03 bits per heavy atom. The summed E-state index contributed by atoms with van der Waals surface area (Å²) in [5.41, 5.74) is 3.92. The molecule has 2 aliphatic rings. The van der Waals surface area contributed by atoms with Crippen LogP contribution in [0.15, 0.2) is 45.3 Å². The number of carbonyl (C=O) groups excluding carboxylic acids is 1. The second kappa shape index (κ2) is 15.6. The van der Waals surface area contributed by atoms with E-state index in [9.17, 15) is 4.79 Å². The van der Waals surface area contributed by atoms with E-state index in [0.717, 1.165) is 37.6 Å². The first-order chi connectivity index (χ1) is 14.5. The van der Waals surface area contributed by atoms with E-state index in [1.54, 1.807) is 0 Å². The van der Waals surface area contributed by atoms with Gasteiger partial charge in [-0.05, 0) is 51.5 Å². The third-order valence-electron chi connectivity index (χ3n) is 5.83. The van der Waals surface area contributed by atoms with Gasteiger partial charge in [0, 0.05) is 45.4 Å². The lowest BCUT2D eigenvalue weighted by molar-refractivity contribution is -0.107. The van der Waals surface area contributed by atoms with Crippen LogP contribution in [0.4, 0.5) is 0 Å². The van der Waals surface area contributed by atoms with Crippen molar-refractivity contribution >= 4 is 18.8 Å². The Morgan fingerprint density at radius 1 is 1.30 bits per heavy atom. The van der Waals surface area contributed by atoms with Crippen LogP contribution in [0.3, 0.4) is 0 Å². The molecule has 168 valence electrons. The van der Waals surface area contributed by atoms with Crippen LogP contribution in [0.2, 0.25) is 0 Å². The summed E-state index contributed by atoms with van der Waals surface area (Å²) < 4.78 is 0. The van der Waals surface area contributed by atoms with Gasteiger partial charge in [-0.25, -0.2) is 0 Å². The van der Waals surface area contributed by atoms with Gasteiger partial charge in [-0.1, -0.05) is 49.5 Å². The molecule has 0 spiro atoms. The molecule has 1 saturated carbocycles. The Morgan fingerprint density at radius 3 is 2.63 bits per heavy atom. The number of amidine groups is 1. The zero-order valence-corrected chi connectivity index (χ0v) is 19.6. The Kier molecular flexibility index (Phi) is 13.5. The van der Waals surface area contributed by atoms with Crippen LogP contribution in [0.5, 0.6) is 0 Å². The molecule has 30 heavy (non-hydrogen) atoms. The molecule has 0 aromatic rings. The van der Waals surface area contributed by atoms with Crippen LogP contribution in [0.1, 0.15) is 78.6 Å². The molecule has 0 bridgehead atoms. The SMILES string of the molecule is C=N/N=C(/CCC=O)N(CC)CCCC1CCCC1.CNC1=CCC=C(C)C=C1C. The first kappa shape index (κ1) is 25.9. The van der Waals surface area contributed by atoms with Gasteiger partial charge in [0.2, 0.25) is 0 Å². The molecule has 0 aromatic carbocycles. The van der Waals surface area contributed by atoms with Crippen LogP contribution in [-0.4, -0.2) is 43.9 Å². The molecule has 0 atom stereocenters. The van der Waals surface area contributed by atoms with Gasteiger partial charge in [-0.3, -0.25) is 0 Å². The number of likely N-dealkylation sites (N-methyl/N-ethyl adjacent to an activating group) is 1. The van der Waals surface area contributed by atoms with Gasteiger partial charge >= 0.3 is 0 Å². The Labute approximate surface area is 184 Å². The highest BCUT2D eigenvalue weighted by Crippen LogP contribution is 2.28. The number of hydrogen-bond acceptors (Lipinski definition) is 4. The zero-order valence-electron chi connectivity index (χ0n) is 19.6. The van der Waals surface area contributed by atoms with Gasteiger partial charge in [-0.15, -0.1) is 5.10 Å². The molecule has 2 aliphatic carbocycles. The molecular weight excluding hydrogens is 372 g/mol. The fraction of sp³-hybridized carbons (Fsp3) is 0.640. The molecule has 0 radical (unpaired) electrons. The summed E-state index contributed by atoms with van der Waals surface area (Å²) in [5, 5.41) is 10.9. The first-order valence-corrected chi connectivity index (χ1v) is 11.5. The lowest BCUT2D eigenvalue weighted by Crippen LogP contribution is -2.32. The summed E-state index contributed by atoms with van der Waals surface area (Å²) in [5.74, 6) is 1.84. The minimum absolute atomic E-state index is 0.507. The molecule has 0 amide bonds. The first-order valence-electron chi connectivity index (χ1n) is 11.5. The zero-order chi connectivity index (χ0) is 22.2. The monoisotopic (exact) mass is 414 g/mol. The van der Waals surface area contributed by atoms with Crippen molar-refractivity contribution in [2.45, 2.75) is 78.6 Å². The molecule has 5 heteroatoms. The van der Waals surface area contributed by atoms with E-state index in [1.807, 2.05) is 7.05 Å². The highest BCUT2D eigenvalue weighted by Gasteiger charge is 2.15. The fourth-order valence-corrected chi connectivity index (χ4v) is 4.18. The minimum Gasteiger partial charge on any atom is -0.388 e. The summed E-state index contributed by atoms with van der Waals surface area (Å²) in [6, 6.07) is 0. The van der Waals surface area contributed by atoms with Crippen molar-refractivity contribution in [3.8, 4) is 0 Å². The predicted octanol–water partition coefficient (Wildman–Crippen LogP) is 5.66. The molecule has 1 N–H and O–H groups in total. The highest BCUT2D eigenvalue weighted by atomic mass is 16.1. The number of aldehydes is 1. The van der Waals surface area contributed by atoms with Crippen molar-refractivity contribution in [1.82, 2.24) is 10.2 Å². The summed E-state index contributed by atoms with van der Waals surface area (Å²) in [4.78, 5) is 12.7. The third kappa shape index (κ3) is 10.0. The Bertz CT molecular complexity index is 640. The molecule has 0 heterocycles. The van der Waals surface area contributed by atoms with E-state index in [2.05, 4.69) is 66.1 Å². The van der Waals surface area contributed by atoms with Crippen molar-refractivity contribution in [3.63, 3.8) is 0 Å². The van der Waals surface area contributed by atoms with Gasteiger partial charge in [0.05, 0.1) is 0 Å². The van der Waals surface area contributed by atoms with E-state index in [0.29, 0.717) is 12.8 Å². The van der Waals surface area contributed by atoms with Gasteiger partial charge in [0.15, 0.2) is 0 Å². The molecular formula is C25H42N4O. The molecule has 0 saturated heterocycles. The quantitative estimate of drug-likeness (QED) is 0.217. The number of carbonyl (C=O) groups is 1. The average Bonchev–Trinajstić information content (AvgIpc) is 3.20. The van der Waals surface area contributed by atoms with Crippen molar-refractivity contribution < 1.29 is 4.79 Å². The van der Waals surface area contributed by atoms with Gasteiger partial charge in [0.25, 0.3) is 0 Å². The Hall–Kier alpha value is -2.17. The number of allylic oxidation sites excluding steroid dienone is 5. The van der Waals surface area contributed by atoms with E-state index in [1.165, 1.54) is 55.4 Å². The maximum absolute atomic E-state index is 10.5. The fourth-order valence-electron chi connectivity index (χ4n) is 4.18. The smallest absolute Gasteiger partial charge is 0.127 e. The van der Waals surface area contributed by atoms with Crippen molar-refractivity contribution in [3.05, 3.63) is 35.1 Å². The molecule has 1 fully saturated rings. The van der Waals surface area contributed by atoms with Gasteiger partial charge < -0.3 is 15.0 Å². The topological polar surface area (TPSA) is 57.1 Å². The number of nitrogens with zero attached hydrogens (tertiary/aromatic N) is 3. The summed E-state index contributed by atoms with van der Waals surface area (Å²) in [6.45, 7) is 11.7. The predicted molar refractivity (Wildman–Crippen MR) is 130 cm³/mol. The van der Waals surface area contributed by atoms with E-state index >= 15 is 0 Å². The van der Waals surface area contributed by atoms with Crippen LogP contribution in [0, 0.1) is 5.92 Å². The minimum atomic E-state index is 0.507. The summed E-state index contributed by atoms with van der Waals surface area (Å²) in [7, 11) is 1.96. The molecule has 5 nitrogen and oxygen atoms in total. The summed E-state index contributed by atoms with van der Waals surface area (Å²) in [6.07, 6.45) is 18.0. The molecule has 0 aliphatic heterocycles. The summed E-state index contributed by atoms with van der Waals surface area (Å²) >= 11 is 0.